The molecule has 0 fully saturated rings. The zero-order valence-electron chi connectivity index (χ0n) is 14.6. The number of nitrogens with zero attached hydrogens (tertiary/aromatic N) is 1. The van der Waals surface area contributed by atoms with E-state index in [1.165, 1.54) is 0 Å². The van der Waals surface area contributed by atoms with Crippen LogP contribution in [0.3, 0.4) is 0 Å². The van der Waals surface area contributed by atoms with Crippen molar-refractivity contribution in [3.05, 3.63) is 114 Å². The number of benzene rings is 3. The molecule has 0 aliphatic heterocycles. The first kappa shape index (κ1) is 16.7. The SMILES string of the molecule is O=C(N=c1cc(-c2ccccc2)oc(-c2ccccc2)c1)c1ccccc1. The molecule has 1 amide bonds. The van der Waals surface area contributed by atoms with Crippen molar-refractivity contribution in [3.8, 4) is 22.6 Å². The summed E-state index contributed by atoms with van der Waals surface area (Å²) in [6, 6.07) is 32.2. The topological polar surface area (TPSA) is 42.6 Å². The Kier molecular flexibility index (Phi) is 4.75. The highest BCUT2D eigenvalue weighted by Crippen LogP contribution is 2.24. The predicted octanol–water partition coefficient (Wildman–Crippen LogP) is 5.35. The fraction of sp³-hybridized carbons (Fsp3) is 0. The highest BCUT2D eigenvalue weighted by Gasteiger charge is 2.08. The van der Waals surface area contributed by atoms with Crippen LogP contribution in [0.2, 0.25) is 0 Å². The van der Waals surface area contributed by atoms with Crippen LogP contribution in [0.25, 0.3) is 22.6 Å². The molecule has 130 valence electrons. The van der Waals surface area contributed by atoms with E-state index < -0.39 is 0 Å². The average Bonchev–Trinajstić information content (AvgIpc) is 2.75. The highest BCUT2D eigenvalue weighted by molar-refractivity contribution is 5.94. The van der Waals surface area contributed by atoms with E-state index in [1.54, 1.807) is 24.3 Å². The van der Waals surface area contributed by atoms with Gasteiger partial charge in [-0.2, -0.15) is 0 Å². The van der Waals surface area contributed by atoms with Crippen LogP contribution in [-0.2, 0) is 0 Å². The Morgan fingerprint density at radius 1 is 0.630 bits per heavy atom. The summed E-state index contributed by atoms with van der Waals surface area (Å²) < 4.78 is 6.11. The summed E-state index contributed by atoms with van der Waals surface area (Å²) in [7, 11) is 0. The Balaban J connectivity index is 1.86. The summed E-state index contributed by atoms with van der Waals surface area (Å²) >= 11 is 0. The van der Waals surface area contributed by atoms with Crippen LogP contribution in [0.1, 0.15) is 10.4 Å². The molecule has 0 spiro atoms. The van der Waals surface area contributed by atoms with Crippen molar-refractivity contribution < 1.29 is 9.21 Å². The first-order valence-electron chi connectivity index (χ1n) is 8.70. The fourth-order valence-corrected chi connectivity index (χ4v) is 2.80. The van der Waals surface area contributed by atoms with Crippen molar-refractivity contribution in [3.63, 3.8) is 0 Å². The van der Waals surface area contributed by atoms with Gasteiger partial charge in [0.2, 0.25) is 0 Å². The molecule has 0 saturated carbocycles. The van der Waals surface area contributed by atoms with Crippen LogP contribution in [0.4, 0.5) is 0 Å². The molecule has 0 aliphatic carbocycles. The second kappa shape index (κ2) is 7.67. The van der Waals surface area contributed by atoms with Crippen molar-refractivity contribution >= 4 is 5.91 Å². The first-order valence-corrected chi connectivity index (χ1v) is 8.70. The van der Waals surface area contributed by atoms with Gasteiger partial charge in [-0.05, 0) is 12.1 Å². The normalized spacial score (nSPS) is 10.4. The Morgan fingerprint density at radius 3 is 1.56 bits per heavy atom. The third-order valence-electron chi connectivity index (χ3n) is 4.15. The Bertz CT molecular complexity index is 1050. The standard InChI is InChI=1S/C24H17NO2/c26-24(20-14-8-3-9-15-20)25-21-16-22(18-10-4-1-5-11-18)27-23(17-21)19-12-6-2-7-13-19/h1-17H. The lowest BCUT2D eigenvalue weighted by Crippen LogP contribution is -2.07. The van der Waals surface area contributed by atoms with Crippen LogP contribution in [0.15, 0.2) is 113 Å². The van der Waals surface area contributed by atoms with Gasteiger partial charge in [0.1, 0.15) is 11.5 Å². The molecule has 1 aromatic heterocycles. The zero-order chi connectivity index (χ0) is 18.5. The van der Waals surface area contributed by atoms with Crippen LogP contribution in [-0.4, -0.2) is 5.91 Å². The van der Waals surface area contributed by atoms with E-state index in [0.717, 1.165) is 11.1 Å². The smallest absolute Gasteiger partial charge is 0.277 e. The lowest BCUT2D eigenvalue weighted by atomic mass is 10.1. The number of rotatable bonds is 3. The van der Waals surface area contributed by atoms with Crippen molar-refractivity contribution in [2.45, 2.75) is 0 Å². The van der Waals surface area contributed by atoms with Crippen LogP contribution in [0, 0.1) is 0 Å². The number of carbonyl (C=O) groups excluding carboxylic acids is 1. The van der Waals surface area contributed by atoms with E-state index in [2.05, 4.69) is 4.99 Å². The van der Waals surface area contributed by atoms with Crippen LogP contribution >= 0.6 is 0 Å². The van der Waals surface area contributed by atoms with Gasteiger partial charge in [0.05, 0.1) is 5.36 Å². The van der Waals surface area contributed by atoms with Crippen LogP contribution < -0.4 is 5.36 Å². The second-order valence-electron chi connectivity index (χ2n) is 6.06. The van der Waals surface area contributed by atoms with Gasteiger partial charge in [-0.25, -0.2) is 4.99 Å². The third kappa shape index (κ3) is 3.93. The lowest BCUT2D eigenvalue weighted by Gasteiger charge is -2.06. The van der Waals surface area contributed by atoms with Crippen molar-refractivity contribution in [1.29, 1.82) is 0 Å². The second-order valence-corrected chi connectivity index (χ2v) is 6.06. The molecule has 3 heteroatoms. The maximum atomic E-state index is 12.5. The van der Waals surface area contributed by atoms with E-state index in [-0.39, 0.29) is 5.91 Å². The average molecular weight is 351 g/mol. The molecule has 0 atom stereocenters. The molecule has 0 N–H and O–H groups in total. The fourth-order valence-electron chi connectivity index (χ4n) is 2.80. The molecular weight excluding hydrogens is 334 g/mol. The molecule has 3 aromatic carbocycles. The molecular formula is C24H17NO2. The lowest BCUT2D eigenvalue weighted by molar-refractivity contribution is 0.0998. The molecule has 0 unspecified atom stereocenters. The minimum atomic E-state index is -0.278. The molecule has 27 heavy (non-hydrogen) atoms. The monoisotopic (exact) mass is 351 g/mol. The van der Waals surface area contributed by atoms with Crippen molar-refractivity contribution in [2.24, 2.45) is 4.99 Å². The molecule has 4 aromatic rings. The number of amides is 1. The molecule has 4 rings (SSSR count). The summed E-state index contributed by atoms with van der Waals surface area (Å²) in [5.74, 6) is 1.05. The Morgan fingerprint density at radius 2 is 1.07 bits per heavy atom. The Hall–Kier alpha value is -3.72. The number of hydrogen-bond acceptors (Lipinski definition) is 2. The summed E-state index contributed by atoms with van der Waals surface area (Å²) in [5.41, 5.74) is 2.42. The van der Waals surface area contributed by atoms with E-state index >= 15 is 0 Å². The van der Waals surface area contributed by atoms with Gasteiger partial charge < -0.3 is 4.42 Å². The minimum Gasteiger partial charge on any atom is -0.456 e. The molecule has 0 aliphatic rings. The van der Waals surface area contributed by atoms with Crippen LogP contribution in [0.5, 0.6) is 0 Å². The van der Waals surface area contributed by atoms with Gasteiger partial charge in [0.25, 0.3) is 5.91 Å². The van der Waals surface area contributed by atoms with Gasteiger partial charge in [-0.1, -0.05) is 78.9 Å². The van der Waals surface area contributed by atoms with Gasteiger partial charge in [-0.15, -0.1) is 0 Å². The maximum absolute atomic E-state index is 12.5. The molecule has 1 heterocycles. The Labute approximate surface area is 157 Å². The first-order chi connectivity index (χ1) is 13.3. The summed E-state index contributed by atoms with van der Waals surface area (Å²) in [6.07, 6.45) is 0. The molecule has 0 saturated heterocycles. The van der Waals surface area contributed by atoms with E-state index in [0.29, 0.717) is 22.4 Å². The van der Waals surface area contributed by atoms with Gasteiger partial charge in [0.15, 0.2) is 0 Å². The predicted molar refractivity (Wildman–Crippen MR) is 106 cm³/mol. The van der Waals surface area contributed by atoms with Gasteiger partial charge in [-0.3, -0.25) is 4.79 Å². The molecule has 3 nitrogen and oxygen atoms in total. The van der Waals surface area contributed by atoms with Crippen molar-refractivity contribution in [2.75, 3.05) is 0 Å². The van der Waals surface area contributed by atoms with E-state index in [9.17, 15) is 4.79 Å². The summed E-state index contributed by atoms with van der Waals surface area (Å²) in [6.45, 7) is 0. The zero-order valence-corrected chi connectivity index (χ0v) is 14.6. The number of hydrogen-bond donors (Lipinski definition) is 0. The molecule has 0 radical (unpaired) electrons. The van der Waals surface area contributed by atoms with E-state index in [1.807, 2.05) is 78.9 Å². The van der Waals surface area contributed by atoms with E-state index in [4.69, 9.17) is 4.42 Å². The largest absolute Gasteiger partial charge is 0.456 e. The van der Waals surface area contributed by atoms with Gasteiger partial charge >= 0.3 is 0 Å². The molecule has 0 bridgehead atoms. The quantitative estimate of drug-likeness (QED) is 0.499. The maximum Gasteiger partial charge on any atom is 0.277 e. The highest BCUT2D eigenvalue weighted by atomic mass is 16.3. The van der Waals surface area contributed by atoms with Gasteiger partial charge in [0, 0.05) is 28.8 Å². The third-order valence-corrected chi connectivity index (χ3v) is 4.15. The minimum absolute atomic E-state index is 0.278. The number of carbonyl (C=O) groups is 1. The van der Waals surface area contributed by atoms with Crippen molar-refractivity contribution in [1.82, 2.24) is 0 Å². The summed E-state index contributed by atoms with van der Waals surface area (Å²) in [5, 5.41) is 0.563. The summed E-state index contributed by atoms with van der Waals surface area (Å²) in [4.78, 5) is 16.8.